The lowest BCUT2D eigenvalue weighted by molar-refractivity contribution is 0.289. The van der Waals surface area contributed by atoms with Gasteiger partial charge < -0.3 is 0 Å². The van der Waals surface area contributed by atoms with Crippen LogP contribution in [0.15, 0.2) is 22.7 Å². The van der Waals surface area contributed by atoms with Gasteiger partial charge in [0.05, 0.1) is 5.69 Å². The lowest BCUT2D eigenvalue weighted by atomic mass is 10.0. The standard InChI is InChI=1S/C13H19BrN2O2S/c1-10-5-7-16(8-6-10)19(17,18)15-12-3-4-13(14)11(2)9-12/h3-4,9-10,15H,5-8H2,1-2H3. The fraction of sp³-hybridized carbons (Fsp3) is 0.538. The predicted molar refractivity (Wildman–Crippen MR) is 81.4 cm³/mol. The number of halogens is 1. The van der Waals surface area contributed by atoms with Crippen LogP contribution in [0.1, 0.15) is 25.3 Å². The van der Waals surface area contributed by atoms with Gasteiger partial charge in [-0.3, -0.25) is 4.72 Å². The molecule has 1 aliphatic rings. The van der Waals surface area contributed by atoms with Crippen molar-refractivity contribution in [2.75, 3.05) is 17.8 Å². The van der Waals surface area contributed by atoms with Gasteiger partial charge in [0.2, 0.25) is 0 Å². The molecule has 1 heterocycles. The largest absolute Gasteiger partial charge is 0.301 e. The van der Waals surface area contributed by atoms with Crippen molar-refractivity contribution in [3.05, 3.63) is 28.2 Å². The van der Waals surface area contributed by atoms with Crippen LogP contribution >= 0.6 is 15.9 Å². The van der Waals surface area contributed by atoms with Crippen LogP contribution in [0.5, 0.6) is 0 Å². The van der Waals surface area contributed by atoms with E-state index in [1.807, 2.05) is 19.1 Å². The zero-order chi connectivity index (χ0) is 14.0. The van der Waals surface area contributed by atoms with Gasteiger partial charge in [-0.05, 0) is 49.4 Å². The molecule has 0 saturated carbocycles. The first-order valence-corrected chi connectivity index (χ1v) is 8.66. The molecule has 1 saturated heterocycles. The molecule has 6 heteroatoms. The van der Waals surface area contributed by atoms with Crippen LogP contribution in [0.3, 0.4) is 0 Å². The van der Waals surface area contributed by atoms with Gasteiger partial charge in [-0.1, -0.05) is 22.9 Å². The van der Waals surface area contributed by atoms with E-state index in [4.69, 9.17) is 0 Å². The molecule has 106 valence electrons. The molecule has 1 N–H and O–H groups in total. The van der Waals surface area contributed by atoms with Crippen molar-refractivity contribution < 1.29 is 8.42 Å². The predicted octanol–water partition coefficient (Wildman–Crippen LogP) is 3.15. The summed E-state index contributed by atoms with van der Waals surface area (Å²) in [4.78, 5) is 0. The Morgan fingerprint density at radius 3 is 2.53 bits per heavy atom. The number of rotatable bonds is 3. The Hall–Kier alpha value is -0.590. The van der Waals surface area contributed by atoms with Gasteiger partial charge in [-0.2, -0.15) is 12.7 Å². The highest BCUT2D eigenvalue weighted by Crippen LogP contribution is 2.23. The Morgan fingerprint density at radius 2 is 1.95 bits per heavy atom. The van der Waals surface area contributed by atoms with Crippen LogP contribution in [0.4, 0.5) is 5.69 Å². The van der Waals surface area contributed by atoms with Crippen LogP contribution in [0.25, 0.3) is 0 Å². The quantitative estimate of drug-likeness (QED) is 0.913. The molecule has 0 unspecified atom stereocenters. The van der Waals surface area contributed by atoms with Gasteiger partial charge >= 0.3 is 10.2 Å². The minimum atomic E-state index is -3.42. The summed E-state index contributed by atoms with van der Waals surface area (Å²) in [5.41, 5.74) is 1.62. The summed E-state index contributed by atoms with van der Waals surface area (Å²) in [6, 6.07) is 5.45. The van der Waals surface area contributed by atoms with Gasteiger partial charge in [0.1, 0.15) is 0 Å². The highest BCUT2D eigenvalue weighted by molar-refractivity contribution is 9.10. The first-order valence-electron chi connectivity index (χ1n) is 6.42. The van der Waals surface area contributed by atoms with E-state index in [9.17, 15) is 8.42 Å². The second kappa shape index (κ2) is 5.81. The lowest BCUT2D eigenvalue weighted by Crippen LogP contribution is -2.41. The summed E-state index contributed by atoms with van der Waals surface area (Å²) in [6.07, 6.45) is 1.86. The monoisotopic (exact) mass is 346 g/mol. The summed E-state index contributed by atoms with van der Waals surface area (Å²) >= 11 is 3.40. The molecule has 1 aromatic rings. The Kier molecular flexibility index (Phi) is 4.53. The summed E-state index contributed by atoms with van der Waals surface area (Å²) in [5, 5.41) is 0. The van der Waals surface area contributed by atoms with Gasteiger partial charge in [-0.15, -0.1) is 0 Å². The third kappa shape index (κ3) is 3.70. The van der Waals surface area contributed by atoms with E-state index in [2.05, 4.69) is 27.6 Å². The molecule has 4 nitrogen and oxygen atoms in total. The highest BCUT2D eigenvalue weighted by Gasteiger charge is 2.26. The van der Waals surface area contributed by atoms with Gasteiger partial charge in [0.15, 0.2) is 0 Å². The molecule has 0 amide bonds. The molecule has 0 aliphatic carbocycles. The number of nitrogens with zero attached hydrogens (tertiary/aromatic N) is 1. The first-order chi connectivity index (χ1) is 8.88. The molecular formula is C13H19BrN2O2S. The summed E-state index contributed by atoms with van der Waals surface area (Å²) < 4.78 is 29.7. The molecule has 1 fully saturated rings. The normalized spacial score (nSPS) is 18.5. The topological polar surface area (TPSA) is 49.4 Å². The molecule has 1 aromatic carbocycles. The number of piperidine rings is 1. The first kappa shape index (κ1) is 14.8. The molecule has 1 aliphatic heterocycles. The number of hydrogen-bond acceptors (Lipinski definition) is 2. The zero-order valence-electron chi connectivity index (χ0n) is 11.2. The molecule has 0 radical (unpaired) electrons. The fourth-order valence-electron chi connectivity index (χ4n) is 2.15. The Bertz CT molecular complexity index is 552. The van der Waals surface area contributed by atoms with Crippen molar-refractivity contribution in [2.24, 2.45) is 5.92 Å². The van der Waals surface area contributed by atoms with E-state index >= 15 is 0 Å². The average molecular weight is 347 g/mol. The molecule has 2 rings (SSSR count). The smallest absolute Gasteiger partial charge is 0.271 e. The third-order valence-electron chi connectivity index (χ3n) is 3.49. The average Bonchev–Trinajstić information content (AvgIpc) is 2.34. The zero-order valence-corrected chi connectivity index (χ0v) is 13.6. The third-order valence-corrected chi connectivity index (χ3v) is 5.92. The van der Waals surface area contributed by atoms with Crippen molar-refractivity contribution >= 4 is 31.8 Å². The number of benzene rings is 1. The second-order valence-electron chi connectivity index (χ2n) is 5.15. The summed E-state index contributed by atoms with van der Waals surface area (Å²) in [7, 11) is -3.42. The Balaban J connectivity index is 2.10. The highest BCUT2D eigenvalue weighted by atomic mass is 79.9. The lowest BCUT2D eigenvalue weighted by Gasteiger charge is -2.29. The van der Waals surface area contributed by atoms with Crippen molar-refractivity contribution in [1.29, 1.82) is 0 Å². The minimum absolute atomic E-state index is 0.603. The van der Waals surface area contributed by atoms with Crippen molar-refractivity contribution in [3.63, 3.8) is 0 Å². The van der Waals surface area contributed by atoms with Crippen LogP contribution < -0.4 is 4.72 Å². The van der Waals surface area contributed by atoms with Gasteiger partial charge in [0.25, 0.3) is 0 Å². The van der Waals surface area contributed by atoms with E-state index in [1.54, 1.807) is 6.07 Å². The number of anilines is 1. The van der Waals surface area contributed by atoms with E-state index in [-0.39, 0.29) is 0 Å². The maximum Gasteiger partial charge on any atom is 0.301 e. The molecule has 0 bridgehead atoms. The van der Waals surface area contributed by atoms with Gasteiger partial charge in [0, 0.05) is 17.6 Å². The molecule has 0 aromatic heterocycles. The molecular weight excluding hydrogens is 328 g/mol. The van der Waals surface area contributed by atoms with E-state index < -0.39 is 10.2 Å². The second-order valence-corrected chi connectivity index (χ2v) is 7.68. The van der Waals surface area contributed by atoms with Crippen molar-refractivity contribution in [3.8, 4) is 0 Å². The number of aryl methyl sites for hydroxylation is 1. The van der Waals surface area contributed by atoms with Crippen LogP contribution in [-0.4, -0.2) is 25.8 Å². The minimum Gasteiger partial charge on any atom is -0.271 e. The number of nitrogens with one attached hydrogen (secondary N) is 1. The maximum absolute atomic E-state index is 12.3. The van der Waals surface area contributed by atoms with Gasteiger partial charge in [-0.25, -0.2) is 0 Å². The SMILES string of the molecule is Cc1cc(NS(=O)(=O)N2CCC(C)CC2)ccc1Br. The maximum atomic E-state index is 12.3. The number of hydrogen-bond donors (Lipinski definition) is 1. The molecule has 0 spiro atoms. The van der Waals surface area contributed by atoms with E-state index in [0.717, 1.165) is 22.9 Å². The summed E-state index contributed by atoms with van der Waals surface area (Å²) in [6.45, 7) is 5.30. The van der Waals surface area contributed by atoms with Crippen molar-refractivity contribution in [2.45, 2.75) is 26.7 Å². The van der Waals surface area contributed by atoms with E-state index in [1.165, 1.54) is 4.31 Å². The van der Waals surface area contributed by atoms with Crippen LogP contribution in [0, 0.1) is 12.8 Å². The molecule has 0 atom stereocenters. The fourth-order valence-corrected chi connectivity index (χ4v) is 3.64. The van der Waals surface area contributed by atoms with Crippen LogP contribution in [-0.2, 0) is 10.2 Å². The Labute approximate surface area is 123 Å². The van der Waals surface area contributed by atoms with Crippen LogP contribution in [0.2, 0.25) is 0 Å². The van der Waals surface area contributed by atoms with Crippen molar-refractivity contribution in [1.82, 2.24) is 4.31 Å². The molecule has 19 heavy (non-hydrogen) atoms. The van der Waals surface area contributed by atoms with E-state index in [0.29, 0.717) is 24.7 Å². The summed E-state index contributed by atoms with van der Waals surface area (Å²) in [5.74, 6) is 0.612. The Morgan fingerprint density at radius 1 is 1.32 bits per heavy atom.